The van der Waals surface area contributed by atoms with Crippen LogP contribution in [-0.4, -0.2) is 24.4 Å². The summed E-state index contributed by atoms with van der Waals surface area (Å²) in [5, 5.41) is 5.48. The minimum absolute atomic E-state index is 0.107. The molecule has 1 aromatic carbocycles. The third-order valence-electron chi connectivity index (χ3n) is 3.02. The molecule has 1 saturated heterocycles. The topological polar surface area (TPSA) is 84.2 Å². The van der Waals surface area contributed by atoms with Crippen LogP contribution in [0.25, 0.3) is 0 Å². The van der Waals surface area contributed by atoms with Gasteiger partial charge < -0.3 is 16.4 Å². The van der Waals surface area contributed by atoms with Gasteiger partial charge in [-0.1, -0.05) is 12.1 Å². The van der Waals surface area contributed by atoms with E-state index in [-0.39, 0.29) is 11.8 Å². The summed E-state index contributed by atoms with van der Waals surface area (Å²) >= 11 is 0. The molecule has 1 aliphatic heterocycles. The van der Waals surface area contributed by atoms with Crippen LogP contribution in [0.15, 0.2) is 24.3 Å². The van der Waals surface area contributed by atoms with Crippen LogP contribution in [0, 0.1) is 0 Å². The minimum Gasteiger partial charge on any atom is -0.354 e. The van der Waals surface area contributed by atoms with Crippen LogP contribution in [0.3, 0.4) is 0 Å². The van der Waals surface area contributed by atoms with Crippen molar-refractivity contribution in [3.05, 3.63) is 35.4 Å². The van der Waals surface area contributed by atoms with E-state index in [1.54, 1.807) is 18.2 Å². The minimum atomic E-state index is -0.423. The van der Waals surface area contributed by atoms with Crippen molar-refractivity contribution < 1.29 is 9.59 Å². The van der Waals surface area contributed by atoms with Gasteiger partial charge in [0.1, 0.15) is 6.04 Å². The van der Waals surface area contributed by atoms with Gasteiger partial charge >= 0.3 is 0 Å². The second-order valence-corrected chi connectivity index (χ2v) is 4.36. The van der Waals surface area contributed by atoms with E-state index >= 15 is 0 Å². The van der Waals surface area contributed by atoms with Crippen LogP contribution in [-0.2, 0) is 11.3 Å². The van der Waals surface area contributed by atoms with E-state index in [4.69, 9.17) is 5.73 Å². The number of nitrogens with two attached hydrogens (primary N) is 1. The molecule has 2 rings (SSSR count). The third-order valence-corrected chi connectivity index (χ3v) is 3.02. The van der Waals surface area contributed by atoms with Gasteiger partial charge in [-0.2, -0.15) is 0 Å². The van der Waals surface area contributed by atoms with Gasteiger partial charge in [0, 0.05) is 18.7 Å². The van der Waals surface area contributed by atoms with Crippen LogP contribution >= 0.6 is 0 Å². The number of amides is 2. The van der Waals surface area contributed by atoms with Crippen LogP contribution in [0.5, 0.6) is 0 Å². The van der Waals surface area contributed by atoms with E-state index in [1.165, 1.54) is 0 Å². The first-order valence-electron chi connectivity index (χ1n) is 6.08. The number of hydrogen-bond donors (Lipinski definition) is 3. The van der Waals surface area contributed by atoms with Crippen molar-refractivity contribution in [2.24, 2.45) is 5.73 Å². The molecule has 0 saturated carbocycles. The zero-order chi connectivity index (χ0) is 13.0. The quantitative estimate of drug-likeness (QED) is 0.711. The third kappa shape index (κ3) is 2.87. The first kappa shape index (κ1) is 12.6. The molecule has 5 nitrogen and oxygen atoms in total. The molecule has 1 atom stereocenters. The van der Waals surface area contributed by atoms with Crippen molar-refractivity contribution in [1.82, 2.24) is 10.6 Å². The Hall–Kier alpha value is -1.88. The molecular formula is C13H17N3O2. The maximum Gasteiger partial charge on any atom is 0.251 e. The molecule has 5 heteroatoms. The molecule has 4 N–H and O–H groups in total. The molecule has 1 heterocycles. The van der Waals surface area contributed by atoms with Gasteiger partial charge in [0.2, 0.25) is 5.91 Å². The molecule has 96 valence electrons. The maximum absolute atomic E-state index is 12.0. The van der Waals surface area contributed by atoms with E-state index in [0.29, 0.717) is 25.1 Å². The predicted molar refractivity (Wildman–Crippen MR) is 67.8 cm³/mol. The van der Waals surface area contributed by atoms with Crippen molar-refractivity contribution in [2.45, 2.75) is 25.4 Å². The molecule has 1 unspecified atom stereocenters. The molecule has 1 aromatic rings. The van der Waals surface area contributed by atoms with Gasteiger partial charge in [0.25, 0.3) is 5.91 Å². The van der Waals surface area contributed by atoms with Crippen LogP contribution in [0.4, 0.5) is 0 Å². The summed E-state index contributed by atoms with van der Waals surface area (Å²) in [6, 6.07) is 6.70. The normalized spacial score (nSPS) is 19.2. The molecule has 0 bridgehead atoms. The van der Waals surface area contributed by atoms with Crippen molar-refractivity contribution in [3.63, 3.8) is 0 Å². The fraction of sp³-hybridized carbons (Fsp3) is 0.385. The summed E-state index contributed by atoms with van der Waals surface area (Å²) in [6.45, 7) is 1.08. The largest absolute Gasteiger partial charge is 0.354 e. The van der Waals surface area contributed by atoms with Crippen molar-refractivity contribution in [1.29, 1.82) is 0 Å². The van der Waals surface area contributed by atoms with E-state index in [9.17, 15) is 9.59 Å². The number of hydrogen-bond acceptors (Lipinski definition) is 3. The van der Waals surface area contributed by atoms with Gasteiger partial charge in [-0.25, -0.2) is 0 Å². The highest BCUT2D eigenvalue weighted by Crippen LogP contribution is 2.07. The zero-order valence-corrected chi connectivity index (χ0v) is 10.1. The Morgan fingerprint density at radius 2 is 2.33 bits per heavy atom. The Labute approximate surface area is 106 Å². The van der Waals surface area contributed by atoms with Crippen molar-refractivity contribution in [3.8, 4) is 0 Å². The Morgan fingerprint density at radius 3 is 3.06 bits per heavy atom. The highest BCUT2D eigenvalue weighted by atomic mass is 16.2. The molecule has 2 amide bonds. The smallest absolute Gasteiger partial charge is 0.251 e. The Morgan fingerprint density at radius 1 is 1.50 bits per heavy atom. The first-order valence-corrected chi connectivity index (χ1v) is 6.08. The Kier molecular flexibility index (Phi) is 3.94. The number of piperidine rings is 1. The molecule has 0 radical (unpaired) electrons. The fourth-order valence-electron chi connectivity index (χ4n) is 1.99. The van der Waals surface area contributed by atoms with Gasteiger partial charge in [-0.15, -0.1) is 0 Å². The van der Waals surface area contributed by atoms with E-state index < -0.39 is 6.04 Å². The van der Waals surface area contributed by atoms with Crippen molar-refractivity contribution in [2.75, 3.05) is 6.54 Å². The molecule has 18 heavy (non-hydrogen) atoms. The number of carbonyl (C=O) groups excluding carboxylic acids is 2. The Balaban J connectivity index is 2.04. The standard InChI is InChI=1S/C13H17N3O2/c14-8-9-3-1-4-10(7-9)12(17)16-11-5-2-6-15-13(11)18/h1,3-4,7,11H,2,5-6,8,14H2,(H,15,18)(H,16,17). The number of rotatable bonds is 3. The number of nitrogens with one attached hydrogen (secondary N) is 2. The van der Waals surface area contributed by atoms with Gasteiger partial charge in [0.15, 0.2) is 0 Å². The van der Waals surface area contributed by atoms with Crippen LogP contribution < -0.4 is 16.4 Å². The summed E-state index contributed by atoms with van der Waals surface area (Å²) in [5.41, 5.74) is 6.97. The SMILES string of the molecule is NCc1cccc(C(=O)NC2CCCNC2=O)c1. The second-order valence-electron chi connectivity index (χ2n) is 4.36. The monoisotopic (exact) mass is 247 g/mol. The highest BCUT2D eigenvalue weighted by Gasteiger charge is 2.23. The average molecular weight is 247 g/mol. The lowest BCUT2D eigenvalue weighted by Crippen LogP contribution is -2.50. The lowest BCUT2D eigenvalue weighted by atomic mass is 10.1. The predicted octanol–water partition coefficient (Wildman–Crippen LogP) is 0.154. The van der Waals surface area contributed by atoms with E-state index in [0.717, 1.165) is 12.0 Å². The first-order chi connectivity index (χ1) is 8.70. The molecule has 0 aliphatic carbocycles. The van der Waals surface area contributed by atoms with Gasteiger partial charge in [-0.05, 0) is 30.5 Å². The van der Waals surface area contributed by atoms with E-state index in [1.807, 2.05) is 6.07 Å². The highest BCUT2D eigenvalue weighted by molar-refractivity contribution is 5.97. The summed E-state index contributed by atoms with van der Waals surface area (Å²) in [7, 11) is 0. The van der Waals surface area contributed by atoms with E-state index in [2.05, 4.69) is 10.6 Å². The van der Waals surface area contributed by atoms with Crippen molar-refractivity contribution >= 4 is 11.8 Å². The van der Waals surface area contributed by atoms with Gasteiger partial charge in [-0.3, -0.25) is 9.59 Å². The Bertz CT molecular complexity index is 459. The maximum atomic E-state index is 12.0. The molecule has 1 aliphatic rings. The van der Waals surface area contributed by atoms with Crippen LogP contribution in [0.2, 0.25) is 0 Å². The fourth-order valence-corrected chi connectivity index (χ4v) is 1.99. The second kappa shape index (κ2) is 5.64. The summed E-state index contributed by atoms with van der Waals surface area (Å²) in [6.07, 6.45) is 1.58. The molecule has 0 spiro atoms. The lowest BCUT2D eigenvalue weighted by molar-refractivity contribution is -0.124. The van der Waals surface area contributed by atoms with Gasteiger partial charge in [0.05, 0.1) is 0 Å². The summed E-state index contributed by atoms with van der Waals surface area (Å²) in [5.74, 6) is -0.336. The average Bonchev–Trinajstić information content (AvgIpc) is 2.41. The lowest BCUT2D eigenvalue weighted by Gasteiger charge is -2.22. The molecule has 0 aromatic heterocycles. The zero-order valence-electron chi connectivity index (χ0n) is 10.1. The number of carbonyl (C=O) groups is 2. The molecular weight excluding hydrogens is 230 g/mol. The molecule has 1 fully saturated rings. The summed E-state index contributed by atoms with van der Waals surface area (Å²) < 4.78 is 0. The van der Waals surface area contributed by atoms with Crippen LogP contribution in [0.1, 0.15) is 28.8 Å². The number of benzene rings is 1. The summed E-state index contributed by atoms with van der Waals surface area (Å²) in [4.78, 5) is 23.5.